The van der Waals surface area contributed by atoms with Gasteiger partial charge in [-0.15, -0.1) is 0 Å². The molecule has 8 atom stereocenters. The Morgan fingerprint density at radius 2 is 1.56 bits per heavy atom. The second-order valence-electron chi connectivity index (χ2n) is 10.8. The van der Waals surface area contributed by atoms with E-state index in [-0.39, 0.29) is 0 Å². The van der Waals surface area contributed by atoms with Crippen molar-refractivity contribution < 1.29 is 0 Å². The summed E-state index contributed by atoms with van der Waals surface area (Å²) in [4.78, 5) is 0. The van der Waals surface area contributed by atoms with E-state index in [1.54, 1.807) is 12.8 Å². The smallest absolute Gasteiger partial charge is 0.0264 e. The Kier molecular flexibility index (Phi) is 8.34. The van der Waals surface area contributed by atoms with Crippen LogP contribution < -0.4 is 0 Å². The summed E-state index contributed by atoms with van der Waals surface area (Å²) >= 11 is 0. The molecule has 3 aliphatic carbocycles. The van der Waals surface area contributed by atoms with Crippen molar-refractivity contribution in [2.45, 2.75) is 126 Å². The third kappa shape index (κ3) is 4.02. The van der Waals surface area contributed by atoms with E-state index in [1.165, 1.54) is 57.8 Å². The van der Waals surface area contributed by atoms with Crippen molar-refractivity contribution in [3.8, 4) is 0 Å². The zero-order valence-corrected chi connectivity index (χ0v) is 20.2. The number of hydrogen-bond donors (Lipinski definition) is 0. The van der Waals surface area contributed by atoms with Crippen LogP contribution in [0.5, 0.6) is 0 Å². The van der Waals surface area contributed by atoms with Gasteiger partial charge in [-0.3, -0.25) is 0 Å². The first-order valence-corrected chi connectivity index (χ1v) is 12.9. The van der Waals surface area contributed by atoms with Crippen LogP contribution in [0.3, 0.4) is 0 Å². The molecule has 0 aliphatic heterocycles. The average Bonchev–Trinajstić information content (AvgIpc) is 3.03. The van der Waals surface area contributed by atoms with E-state index < -0.39 is 0 Å². The molecular formula is C27H52. The Bertz CT molecular complexity index is 439. The maximum atomic E-state index is 2.72. The molecule has 3 rings (SSSR count). The molecule has 0 aromatic carbocycles. The molecule has 0 radical (unpaired) electrons. The van der Waals surface area contributed by atoms with Crippen LogP contribution in [0.2, 0.25) is 0 Å². The fourth-order valence-corrected chi connectivity index (χ4v) is 8.54. The molecule has 0 N–H and O–H groups in total. The number of fused-ring (bicyclic) bond motifs is 3. The molecule has 0 nitrogen and oxygen atoms in total. The van der Waals surface area contributed by atoms with E-state index >= 15 is 0 Å². The lowest BCUT2D eigenvalue weighted by atomic mass is 9.45. The van der Waals surface area contributed by atoms with Crippen LogP contribution in [-0.2, 0) is 0 Å². The first kappa shape index (κ1) is 23.3. The van der Waals surface area contributed by atoms with Gasteiger partial charge < -0.3 is 0 Å². The minimum absolute atomic E-state index is 0.632. The van der Waals surface area contributed by atoms with Gasteiger partial charge in [-0.05, 0) is 84.9 Å². The summed E-state index contributed by atoms with van der Waals surface area (Å²) in [7, 11) is 0. The minimum atomic E-state index is 0.632. The van der Waals surface area contributed by atoms with Crippen molar-refractivity contribution in [2.75, 3.05) is 0 Å². The van der Waals surface area contributed by atoms with Crippen LogP contribution in [0.1, 0.15) is 126 Å². The van der Waals surface area contributed by atoms with Crippen molar-refractivity contribution in [1.82, 2.24) is 0 Å². The highest BCUT2D eigenvalue weighted by Crippen LogP contribution is 2.67. The molecule has 3 saturated carbocycles. The molecule has 4 unspecified atom stereocenters. The lowest BCUT2D eigenvalue weighted by Crippen LogP contribution is -2.52. The summed E-state index contributed by atoms with van der Waals surface area (Å²) < 4.78 is 0. The van der Waals surface area contributed by atoms with Crippen molar-refractivity contribution in [3.05, 3.63) is 0 Å². The fourth-order valence-electron chi connectivity index (χ4n) is 8.54. The Labute approximate surface area is 172 Å². The standard InChI is InChI=1S/C25H46.C2H6/c1-7-10-18(4)21-14-15-22-20-13-12-19(11-8-2)24(5,9-3)23(20)16-17-25(21,22)6;1-2/h18-23H,7-17H2,1-6H3;1-2H3/t18-,19?,20?,21-,22?,23?,24+,25-;/m1./s1. The molecule has 0 aromatic rings. The highest BCUT2D eigenvalue weighted by atomic mass is 14.6. The molecule has 3 fully saturated rings. The molecule has 0 spiro atoms. The van der Waals surface area contributed by atoms with Gasteiger partial charge in [0.1, 0.15) is 0 Å². The van der Waals surface area contributed by atoms with E-state index in [0.717, 1.165) is 35.5 Å². The zero-order chi connectivity index (χ0) is 20.2. The Balaban J connectivity index is 0.00000126. The summed E-state index contributed by atoms with van der Waals surface area (Å²) in [5.41, 5.74) is 1.30. The third-order valence-corrected chi connectivity index (χ3v) is 9.97. The number of rotatable bonds is 6. The van der Waals surface area contributed by atoms with Gasteiger partial charge >= 0.3 is 0 Å². The minimum Gasteiger partial charge on any atom is -0.0683 e. The molecule has 0 amide bonds. The summed E-state index contributed by atoms with van der Waals surface area (Å²) in [6, 6.07) is 0. The van der Waals surface area contributed by atoms with Gasteiger partial charge in [0.15, 0.2) is 0 Å². The highest BCUT2D eigenvalue weighted by Gasteiger charge is 2.59. The van der Waals surface area contributed by atoms with Gasteiger partial charge in [-0.25, -0.2) is 0 Å². The van der Waals surface area contributed by atoms with Gasteiger partial charge in [0.25, 0.3) is 0 Å². The van der Waals surface area contributed by atoms with E-state index in [4.69, 9.17) is 0 Å². The molecular weight excluding hydrogens is 324 g/mol. The first-order chi connectivity index (χ1) is 12.9. The second kappa shape index (κ2) is 9.67. The maximum absolute atomic E-state index is 2.72. The van der Waals surface area contributed by atoms with Crippen LogP contribution in [0.15, 0.2) is 0 Å². The monoisotopic (exact) mass is 376 g/mol. The predicted octanol–water partition coefficient (Wildman–Crippen LogP) is 9.13. The van der Waals surface area contributed by atoms with E-state index in [0.29, 0.717) is 10.8 Å². The molecule has 0 heterocycles. The summed E-state index contributed by atoms with van der Waals surface area (Å²) in [5, 5.41) is 0. The Morgan fingerprint density at radius 3 is 2.15 bits per heavy atom. The van der Waals surface area contributed by atoms with Crippen molar-refractivity contribution in [3.63, 3.8) is 0 Å². The topological polar surface area (TPSA) is 0 Å². The van der Waals surface area contributed by atoms with E-state index in [2.05, 4.69) is 41.5 Å². The highest BCUT2D eigenvalue weighted by molar-refractivity contribution is 5.08. The van der Waals surface area contributed by atoms with Crippen LogP contribution in [0.4, 0.5) is 0 Å². The molecule has 0 saturated heterocycles. The molecule has 0 aromatic heterocycles. The van der Waals surface area contributed by atoms with Gasteiger partial charge in [0.2, 0.25) is 0 Å². The third-order valence-electron chi connectivity index (χ3n) is 9.97. The molecule has 160 valence electrons. The van der Waals surface area contributed by atoms with Crippen molar-refractivity contribution in [2.24, 2.45) is 46.3 Å². The maximum Gasteiger partial charge on any atom is -0.0264 e. The predicted molar refractivity (Wildman–Crippen MR) is 122 cm³/mol. The van der Waals surface area contributed by atoms with Crippen molar-refractivity contribution >= 4 is 0 Å². The summed E-state index contributed by atoms with van der Waals surface area (Å²) in [6.45, 7) is 19.3. The first-order valence-electron chi connectivity index (χ1n) is 12.9. The summed E-state index contributed by atoms with van der Waals surface area (Å²) in [5.74, 6) is 6.09. The molecule has 0 heteroatoms. The fraction of sp³-hybridized carbons (Fsp3) is 1.00. The quantitative estimate of drug-likeness (QED) is 0.433. The normalized spacial score (nSPS) is 44.7. The molecule has 3 aliphatic rings. The summed E-state index contributed by atoms with van der Waals surface area (Å²) in [6.07, 6.45) is 16.3. The molecule has 0 bridgehead atoms. The van der Waals surface area contributed by atoms with Gasteiger partial charge in [-0.2, -0.15) is 0 Å². The van der Waals surface area contributed by atoms with E-state index in [1.807, 2.05) is 13.8 Å². The number of hydrogen-bond acceptors (Lipinski definition) is 0. The van der Waals surface area contributed by atoms with Gasteiger partial charge in [-0.1, -0.05) is 87.5 Å². The van der Waals surface area contributed by atoms with Crippen molar-refractivity contribution in [1.29, 1.82) is 0 Å². The zero-order valence-electron chi connectivity index (χ0n) is 20.2. The van der Waals surface area contributed by atoms with Crippen LogP contribution in [-0.4, -0.2) is 0 Å². The van der Waals surface area contributed by atoms with Gasteiger partial charge in [0.05, 0.1) is 0 Å². The Morgan fingerprint density at radius 1 is 0.852 bits per heavy atom. The lowest BCUT2D eigenvalue weighted by molar-refractivity contribution is -0.103. The lowest BCUT2D eigenvalue weighted by Gasteiger charge is -2.59. The van der Waals surface area contributed by atoms with Crippen LogP contribution in [0.25, 0.3) is 0 Å². The second-order valence-corrected chi connectivity index (χ2v) is 10.8. The Hall–Kier alpha value is 0. The molecule has 27 heavy (non-hydrogen) atoms. The van der Waals surface area contributed by atoms with E-state index in [9.17, 15) is 0 Å². The largest absolute Gasteiger partial charge is 0.0683 e. The van der Waals surface area contributed by atoms with Crippen LogP contribution in [0, 0.1) is 46.3 Å². The SMILES string of the molecule is CC.CCCC1CCC2C(CC[C@@]3(C)C2CC[C@@H]3[C@H](C)CCC)[C@@]1(C)CC. The van der Waals surface area contributed by atoms with Crippen LogP contribution >= 0.6 is 0 Å². The van der Waals surface area contributed by atoms with Gasteiger partial charge in [0, 0.05) is 0 Å². The average molecular weight is 377 g/mol.